The highest BCUT2D eigenvalue weighted by Gasteiger charge is 2.57. The van der Waals surface area contributed by atoms with Crippen molar-refractivity contribution in [3.8, 4) is 0 Å². The van der Waals surface area contributed by atoms with Gasteiger partial charge in [0.2, 0.25) is 5.91 Å². The van der Waals surface area contributed by atoms with Crippen LogP contribution < -0.4 is 5.32 Å². The normalized spacial score (nSPS) is 39.7. The minimum Gasteiger partial charge on any atom is -0.462 e. The zero-order chi connectivity index (χ0) is 23.1. The highest BCUT2D eigenvalue weighted by atomic mass is 16.5. The molecule has 0 bridgehead atoms. The first-order valence-electron chi connectivity index (χ1n) is 13.0. The second-order valence-corrected chi connectivity index (χ2v) is 11.9. The van der Waals surface area contributed by atoms with Crippen molar-refractivity contribution in [1.82, 2.24) is 5.32 Å². The number of carbonyl (C=O) groups excluding carboxylic acids is 2. The molecule has 3 saturated carbocycles. The Bertz CT molecular complexity index is 811. The Morgan fingerprint density at radius 3 is 2.59 bits per heavy atom. The van der Waals surface area contributed by atoms with Gasteiger partial charge in [-0.15, -0.1) is 0 Å². The van der Waals surface area contributed by atoms with E-state index in [1.807, 2.05) is 6.08 Å². The third-order valence-electron chi connectivity index (χ3n) is 9.57. The summed E-state index contributed by atoms with van der Waals surface area (Å²) in [6, 6.07) is 0. The molecule has 0 unspecified atom stereocenters. The molecule has 4 rings (SSSR count). The van der Waals surface area contributed by atoms with Gasteiger partial charge in [-0.3, -0.25) is 9.59 Å². The summed E-state index contributed by atoms with van der Waals surface area (Å²) in [5.41, 5.74) is 3.36. The highest BCUT2D eigenvalue weighted by Crippen LogP contribution is 2.66. The van der Waals surface area contributed by atoms with Gasteiger partial charge < -0.3 is 10.1 Å². The van der Waals surface area contributed by atoms with Gasteiger partial charge in [0, 0.05) is 26.0 Å². The highest BCUT2D eigenvalue weighted by molar-refractivity contribution is 5.88. The Labute approximate surface area is 194 Å². The number of hydrogen-bond acceptors (Lipinski definition) is 3. The molecule has 4 aliphatic carbocycles. The van der Waals surface area contributed by atoms with Crippen molar-refractivity contribution in [3.05, 3.63) is 23.3 Å². The predicted molar refractivity (Wildman–Crippen MR) is 128 cm³/mol. The van der Waals surface area contributed by atoms with Crippen molar-refractivity contribution in [2.24, 2.45) is 34.5 Å². The maximum atomic E-state index is 12.6. The lowest BCUT2D eigenvalue weighted by atomic mass is 9.48. The Hall–Kier alpha value is -1.58. The van der Waals surface area contributed by atoms with E-state index in [4.69, 9.17) is 4.74 Å². The summed E-state index contributed by atoms with van der Waals surface area (Å²) < 4.78 is 5.57. The average molecular weight is 442 g/mol. The van der Waals surface area contributed by atoms with Gasteiger partial charge in [-0.05, 0) is 85.9 Å². The molecule has 0 radical (unpaired) electrons. The van der Waals surface area contributed by atoms with Crippen LogP contribution in [0.4, 0.5) is 0 Å². The van der Waals surface area contributed by atoms with Crippen LogP contribution in [0, 0.1) is 34.5 Å². The lowest BCUT2D eigenvalue weighted by Crippen LogP contribution is -2.49. The molecule has 4 aliphatic rings. The second kappa shape index (κ2) is 8.99. The van der Waals surface area contributed by atoms with Crippen LogP contribution in [-0.4, -0.2) is 24.5 Å². The third kappa shape index (κ3) is 4.31. The SMILES string of the molecule is CC(=O)O[C@H]1CC[C@@]2(C)C(=CC[C@@H]3[C@@H]2CC[C@]2(C)/C(=C\C(=O)NCCC(C)C)CC[C@@H]32)C1. The van der Waals surface area contributed by atoms with E-state index in [9.17, 15) is 9.59 Å². The van der Waals surface area contributed by atoms with E-state index in [1.54, 1.807) is 0 Å². The van der Waals surface area contributed by atoms with Crippen molar-refractivity contribution in [1.29, 1.82) is 0 Å². The van der Waals surface area contributed by atoms with Gasteiger partial charge in [0.05, 0.1) is 0 Å². The number of nitrogens with one attached hydrogen (secondary N) is 1. The van der Waals surface area contributed by atoms with Gasteiger partial charge in [0.1, 0.15) is 6.10 Å². The van der Waals surface area contributed by atoms with Gasteiger partial charge >= 0.3 is 5.97 Å². The zero-order valence-corrected chi connectivity index (χ0v) is 20.8. The molecule has 0 aromatic carbocycles. The van der Waals surface area contributed by atoms with Crippen molar-refractivity contribution >= 4 is 11.9 Å². The number of allylic oxidation sites excluding steroid dienone is 2. The van der Waals surface area contributed by atoms with Crippen molar-refractivity contribution in [2.75, 3.05) is 6.54 Å². The zero-order valence-electron chi connectivity index (χ0n) is 20.8. The van der Waals surface area contributed by atoms with Crippen LogP contribution in [0.2, 0.25) is 0 Å². The van der Waals surface area contributed by atoms with Gasteiger partial charge in [-0.25, -0.2) is 0 Å². The van der Waals surface area contributed by atoms with Gasteiger partial charge in [0.15, 0.2) is 0 Å². The van der Waals surface area contributed by atoms with Crippen LogP contribution in [-0.2, 0) is 14.3 Å². The fraction of sp³-hybridized carbons (Fsp3) is 0.786. The van der Waals surface area contributed by atoms with Gasteiger partial charge in [0.25, 0.3) is 0 Å². The number of ether oxygens (including phenoxy) is 1. The van der Waals surface area contributed by atoms with Crippen LogP contribution >= 0.6 is 0 Å². The van der Waals surface area contributed by atoms with Crippen LogP contribution in [0.3, 0.4) is 0 Å². The Morgan fingerprint density at radius 2 is 1.88 bits per heavy atom. The number of amides is 1. The molecule has 0 aromatic heterocycles. The molecule has 0 aromatic rings. The molecular formula is C28H43NO3. The molecular weight excluding hydrogens is 398 g/mol. The maximum absolute atomic E-state index is 12.6. The minimum absolute atomic E-state index is 0.0625. The molecule has 0 aliphatic heterocycles. The quantitative estimate of drug-likeness (QED) is 0.325. The lowest BCUT2D eigenvalue weighted by Gasteiger charge is -2.57. The molecule has 1 amide bonds. The molecule has 6 atom stereocenters. The van der Waals surface area contributed by atoms with Crippen LogP contribution in [0.5, 0.6) is 0 Å². The summed E-state index contributed by atoms with van der Waals surface area (Å²) in [7, 11) is 0. The minimum atomic E-state index is -0.153. The Morgan fingerprint density at radius 1 is 1.16 bits per heavy atom. The summed E-state index contributed by atoms with van der Waals surface area (Å²) in [4.78, 5) is 24.1. The fourth-order valence-electron chi connectivity index (χ4n) is 7.74. The molecule has 178 valence electrons. The predicted octanol–water partition coefficient (Wildman–Crippen LogP) is 5.97. The van der Waals surface area contributed by atoms with Crippen LogP contribution in [0.1, 0.15) is 92.4 Å². The average Bonchev–Trinajstić information content (AvgIpc) is 3.04. The third-order valence-corrected chi connectivity index (χ3v) is 9.57. The smallest absolute Gasteiger partial charge is 0.302 e. The van der Waals surface area contributed by atoms with E-state index in [0.29, 0.717) is 17.8 Å². The van der Waals surface area contributed by atoms with Gasteiger partial charge in [-0.1, -0.05) is 44.9 Å². The first-order chi connectivity index (χ1) is 15.1. The van der Waals surface area contributed by atoms with Crippen molar-refractivity contribution in [3.63, 3.8) is 0 Å². The number of rotatable bonds is 5. The molecule has 4 heteroatoms. The van der Waals surface area contributed by atoms with E-state index >= 15 is 0 Å². The van der Waals surface area contributed by atoms with Crippen LogP contribution in [0.25, 0.3) is 0 Å². The molecule has 0 spiro atoms. The number of esters is 1. The monoisotopic (exact) mass is 441 g/mol. The topological polar surface area (TPSA) is 55.4 Å². The summed E-state index contributed by atoms with van der Waals surface area (Å²) in [6.07, 6.45) is 14.5. The van der Waals surface area contributed by atoms with Crippen molar-refractivity contribution < 1.29 is 14.3 Å². The van der Waals surface area contributed by atoms with Gasteiger partial charge in [-0.2, -0.15) is 0 Å². The molecule has 4 nitrogen and oxygen atoms in total. The fourth-order valence-corrected chi connectivity index (χ4v) is 7.74. The maximum Gasteiger partial charge on any atom is 0.302 e. The Kier molecular flexibility index (Phi) is 6.62. The number of fused-ring (bicyclic) bond motifs is 5. The van der Waals surface area contributed by atoms with E-state index in [0.717, 1.165) is 51.0 Å². The molecule has 1 N–H and O–H groups in total. The van der Waals surface area contributed by atoms with E-state index in [-0.39, 0.29) is 28.8 Å². The summed E-state index contributed by atoms with van der Waals surface area (Å²) in [5, 5.41) is 3.11. The molecule has 0 heterocycles. The molecule has 3 fully saturated rings. The molecule has 0 saturated heterocycles. The lowest BCUT2D eigenvalue weighted by molar-refractivity contribution is -0.148. The summed E-state index contributed by atoms with van der Waals surface area (Å²) >= 11 is 0. The number of hydrogen-bond donors (Lipinski definition) is 1. The largest absolute Gasteiger partial charge is 0.462 e. The van der Waals surface area contributed by atoms with Crippen molar-refractivity contribution in [2.45, 2.75) is 98.5 Å². The molecule has 32 heavy (non-hydrogen) atoms. The summed E-state index contributed by atoms with van der Waals surface area (Å²) in [5.74, 6) is 2.67. The van der Waals surface area contributed by atoms with Crippen LogP contribution in [0.15, 0.2) is 23.3 Å². The summed E-state index contributed by atoms with van der Waals surface area (Å²) in [6.45, 7) is 11.6. The first kappa shape index (κ1) is 23.6. The van der Waals surface area contributed by atoms with E-state index < -0.39 is 0 Å². The first-order valence-corrected chi connectivity index (χ1v) is 13.0. The van der Waals surface area contributed by atoms with E-state index in [2.05, 4.69) is 39.1 Å². The van der Waals surface area contributed by atoms with E-state index in [1.165, 1.54) is 37.3 Å². The Balaban J connectivity index is 1.48. The number of carbonyl (C=O) groups is 2. The standard InChI is InChI=1S/C28H43NO3/c1-18(2)12-15-29-26(31)17-21-7-9-24-23-8-6-20-16-22(32-19(3)30)10-13-27(20,4)25(23)11-14-28(21,24)5/h6,17-18,22-25H,7-16H2,1-5H3,(H,29,31)/b21-17-/t22-,23-,24-,25-,27-,28+/m0/s1. The second-order valence-electron chi connectivity index (χ2n) is 11.9.